The lowest BCUT2D eigenvalue weighted by molar-refractivity contribution is -0.232. The van der Waals surface area contributed by atoms with Crippen molar-refractivity contribution < 1.29 is 29.9 Å². The summed E-state index contributed by atoms with van der Waals surface area (Å²) in [5.41, 5.74) is 3.35. The van der Waals surface area contributed by atoms with Crippen LogP contribution < -0.4 is 4.74 Å². The summed E-state index contributed by atoms with van der Waals surface area (Å²) in [6.45, 7) is -0.481. The summed E-state index contributed by atoms with van der Waals surface area (Å²) < 4.78 is 11.1. The van der Waals surface area contributed by atoms with Crippen LogP contribution in [0.4, 0.5) is 0 Å². The Balaban J connectivity index is 1.91. The van der Waals surface area contributed by atoms with E-state index in [1.54, 1.807) is 6.07 Å². The zero-order valence-electron chi connectivity index (χ0n) is 15.5. The van der Waals surface area contributed by atoms with Gasteiger partial charge in [0, 0.05) is 11.1 Å². The number of aliphatic hydroxyl groups excluding tert-OH is 4. The molecule has 2 aromatic carbocycles. The zero-order valence-corrected chi connectivity index (χ0v) is 15.5. The first-order chi connectivity index (χ1) is 13.5. The van der Waals surface area contributed by atoms with Gasteiger partial charge in [0.25, 0.3) is 0 Å². The van der Waals surface area contributed by atoms with Crippen molar-refractivity contribution in [2.24, 2.45) is 0 Å². The molecule has 6 nitrogen and oxygen atoms in total. The van der Waals surface area contributed by atoms with E-state index in [4.69, 9.17) is 15.9 Å². The maximum atomic E-state index is 10.4. The Kier molecular flexibility index (Phi) is 6.35. The number of benzene rings is 2. The smallest absolute Gasteiger partial charge is 0.124 e. The highest BCUT2D eigenvalue weighted by molar-refractivity contribution is 5.42. The van der Waals surface area contributed by atoms with Crippen LogP contribution in [0.5, 0.6) is 5.75 Å². The molecule has 1 aliphatic rings. The van der Waals surface area contributed by atoms with Crippen LogP contribution in [-0.2, 0) is 11.2 Å². The van der Waals surface area contributed by atoms with Crippen molar-refractivity contribution in [3.05, 3.63) is 64.7 Å². The van der Waals surface area contributed by atoms with Gasteiger partial charge >= 0.3 is 0 Å². The van der Waals surface area contributed by atoms with Crippen LogP contribution in [0, 0.1) is 12.3 Å². The lowest BCUT2D eigenvalue weighted by Gasteiger charge is -2.40. The molecule has 0 spiro atoms. The minimum absolute atomic E-state index is 0.481. The summed E-state index contributed by atoms with van der Waals surface area (Å²) in [4.78, 5) is 0. The van der Waals surface area contributed by atoms with E-state index in [1.807, 2.05) is 36.4 Å². The van der Waals surface area contributed by atoms with Gasteiger partial charge in [0.05, 0.1) is 13.7 Å². The minimum atomic E-state index is -1.44. The standard InChI is InChI=1S/C22H24O6/c1-3-13-4-6-14(7-5-13)10-15-8-9-17(27-2)16(11-15)22-21(26)20(25)19(24)18(12-23)28-22/h1,4-9,11,18-26H,10,12H2,2H3/t18-,19-,20?,21-,22+/m1/s1. The second-order valence-electron chi connectivity index (χ2n) is 6.84. The molecule has 1 saturated heterocycles. The van der Waals surface area contributed by atoms with Crippen LogP contribution in [-0.4, -0.2) is 58.6 Å². The molecule has 28 heavy (non-hydrogen) atoms. The van der Waals surface area contributed by atoms with Crippen molar-refractivity contribution in [3.8, 4) is 18.1 Å². The Labute approximate surface area is 164 Å². The zero-order chi connectivity index (χ0) is 20.3. The Morgan fingerprint density at radius 2 is 1.68 bits per heavy atom. The monoisotopic (exact) mass is 384 g/mol. The fourth-order valence-electron chi connectivity index (χ4n) is 3.43. The Bertz CT molecular complexity index is 839. The molecule has 1 unspecified atom stereocenters. The van der Waals surface area contributed by atoms with E-state index in [-0.39, 0.29) is 0 Å². The molecule has 3 rings (SSSR count). The van der Waals surface area contributed by atoms with Gasteiger partial charge in [-0.2, -0.15) is 0 Å². The minimum Gasteiger partial charge on any atom is -0.496 e. The van der Waals surface area contributed by atoms with Crippen molar-refractivity contribution >= 4 is 0 Å². The molecule has 1 aliphatic heterocycles. The molecule has 2 aromatic rings. The highest BCUT2D eigenvalue weighted by atomic mass is 16.5. The molecule has 1 heterocycles. The van der Waals surface area contributed by atoms with Crippen molar-refractivity contribution in [2.45, 2.75) is 36.9 Å². The van der Waals surface area contributed by atoms with Crippen LogP contribution in [0.2, 0.25) is 0 Å². The van der Waals surface area contributed by atoms with E-state index in [1.165, 1.54) is 7.11 Å². The van der Waals surface area contributed by atoms with Crippen molar-refractivity contribution in [3.63, 3.8) is 0 Å². The molecule has 0 amide bonds. The number of ether oxygens (including phenoxy) is 2. The molecule has 0 aromatic heterocycles. The lowest BCUT2D eigenvalue weighted by Crippen LogP contribution is -2.55. The molecule has 0 saturated carbocycles. The van der Waals surface area contributed by atoms with E-state index in [0.29, 0.717) is 17.7 Å². The summed E-state index contributed by atoms with van der Waals surface area (Å²) in [5, 5.41) is 40.0. The second-order valence-corrected chi connectivity index (χ2v) is 6.84. The molecule has 0 bridgehead atoms. The first-order valence-corrected chi connectivity index (χ1v) is 9.01. The molecular weight excluding hydrogens is 360 g/mol. The summed E-state index contributed by atoms with van der Waals surface area (Å²) in [6, 6.07) is 13.2. The SMILES string of the molecule is C#Cc1ccc(Cc2ccc(OC)c([C@@H]3O[C@H](CO)[C@@H](O)C(O)[C@H]3O)c2)cc1. The molecule has 4 N–H and O–H groups in total. The number of rotatable bonds is 5. The molecular formula is C22H24O6. The fraction of sp³-hybridized carbons (Fsp3) is 0.364. The summed E-state index contributed by atoms with van der Waals surface area (Å²) >= 11 is 0. The summed E-state index contributed by atoms with van der Waals surface area (Å²) in [6.07, 6.45) is -0.129. The Morgan fingerprint density at radius 1 is 1.00 bits per heavy atom. The van der Waals surface area contributed by atoms with Crippen LogP contribution in [0.3, 0.4) is 0 Å². The van der Waals surface area contributed by atoms with Crippen LogP contribution >= 0.6 is 0 Å². The number of terminal acetylenes is 1. The predicted molar refractivity (Wildman–Crippen MR) is 103 cm³/mol. The van der Waals surface area contributed by atoms with Gasteiger partial charge in [0.2, 0.25) is 0 Å². The van der Waals surface area contributed by atoms with Crippen molar-refractivity contribution in [2.75, 3.05) is 13.7 Å². The quantitative estimate of drug-likeness (QED) is 0.569. The van der Waals surface area contributed by atoms with Gasteiger partial charge < -0.3 is 29.9 Å². The summed E-state index contributed by atoms with van der Waals surface area (Å²) in [7, 11) is 1.50. The van der Waals surface area contributed by atoms with Crippen molar-refractivity contribution in [1.82, 2.24) is 0 Å². The van der Waals surface area contributed by atoms with Gasteiger partial charge in [-0.15, -0.1) is 6.42 Å². The molecule has 5 atom stereocenters. The maximum Gasteiger partial charge on any atom is 0.124 e. The number of methoxy groups -OCH3 is 1. The molecule has 6 heteroatoms. The maximum absolute atomic E-state index is 10.4. The average Bonchev–Trinajstić information content (AvgIpc) is 2.73. The first-order valence-electron chi connectivity index (χ1n) is 9.01. The van der Waals surface area contributed by atoms with Gasteiger partial charge in [-0.1, -0.05) is 24.1 Å². The van der Waals surface area contributed by atoms with E-state index < -0.39 is 37.1 Å². The molecule has 1 fully saturated rings. The van der Waals surface area contributed by atoms with E-state index in [0.717, 1.165) is 16.7 Å². The topological polar surface area (TPSA) is 99.4 Å². The summed E-state index contributed by atoms with van der Waals surface area (Å²) in [5.74, 6) is 3.06. The van der Waals surface area contributed by atoms with Gasteiger partial charge in [-0.25, -0.2) is 0 Å². The number of hydrogen-bond acceptors (Lipinski definition) is 6. The molecule has 0 radical (unpaired) electrons. The average molecular weight is 384 g/mol. The number of hydrogen-bond donors (Lipinski definition) is 4. The largest absolute Gasteiger partial charge is 0.496 e. The lowest BCUT2D eigenvalue weighted by atomic mass is 9.89. The van der Waals surface area contributed by atoms with Crippen molar-refractivity contribution in [1.29, 1.82) is 0 Å². The third kappa shape index (κ3) is 4.04. The van der Waals surface area contributed by atoms with Gasteiger partial charge in [0.1, 0.15) is 36.3 Å². The predicted octanol–water partition coefficient (Wildman–Crippen LogP) is 0.782. The van der Waals surface area contributed by atoms with Gasteiger partial charge in [0.15, 0.2) is 0 Å². The Morgan fingerprint density at radius 3 is 2.29 bits per heavy atom. The normalized spacial score (nSPS) is 27.2. The fourth-order valence-corrected chi connectivity index (χ4v) is 3.43. The van der Waals surface area contributed by atoms with Crippen LogP contribution in [0.25, 0.3) is 0 Å². The molecule has 148 valence electrons. The van der Waals surface area contributed by atoms with E-state index >= 15 is 0 Å². The Hall–Kier alpha value is -2.40. The highest BCUT2D eigenvalue weighted by Crippen LogP contribution is 2.37. The van der Waals surface area contributed by atoms with Crippen LogP contribution in [0.15, 0.2) is 42.5 Å². The third-order valence-corrected chi connectivity index (χ3v) is 5.02. The van der Waals surface area contributed by atoms with Crippen LogP contribution in [0.1, 0.15) is 28.4 Å². The number of aliphatic hydroxyl groups is 4. The first kappa shape index (κ1) is 20.3. The van der Waals surface area contributed by atoms with Gasteiger partial charge in [-0.05, 0) is 41.8 Å². The van der Waals surface area contributed by atoms with E-state index in [9.17, 15) is 20.4 Å². The van der Waals surface area contributed by atoms with E-state index in [2.05, 4.69) is 5.92 Å². The second kappa shape index (κ2) is 8.74. The molecule has 0 aliphatic carbocycles. The third-order valence-electron chi connectivity index (χ3n) is 5.02. The highest BCUT2D eigenvalue weighted by Gasteiger charge is 2.44. The van der Waals surface area contributed by atoms with Gasteiger partial charge in [-0.3, -0.25) is 0 Å².